The Balaban J connectivity index is 0.00000324. The fraction of sp³-hybridized carbons (Fsp3) is 0.167. The van der Waals surface area contributed by atoms with E-state index in [0.717, 1.165) is 16.8 Å². The summed E-state index contributed by atoms with van der Waals surface area (Å²) in [6.45, 7) is 6.72. The van der Waals surface area contributed by atoms with Crippen molar-refractivity contribution >= 4 is 35.4 Å². The minimum atomic E-state index is 0. The van der Waals surface area contributed by atoms with Gasteiger partial charge in [-0.05, 0) is 51.9 Å². The Kier molecular flexibility index (Phi) is 8.62. The smallest absolute Gasteiger partial charge is 0.212 e. The van der Waals surface area contributed by atoms with Crippen LogP contribution in [0.25, 0.3) is 34.5 Å². The predicted molar refractivity (Wildman–Crippen MR) is 143 cm³/mol. The molecular formula is C30H28Cl2IN. The van der Waals surface area contributed by atoms with Crippen molar-refractivity contribution in [2.24, 2.45) is 7.05 Å². The number of aromatic nitrogens is 1. The second kappa shape index (κ2) is 11.1. The highest BCUT2D eigenvalue weighted by Crippen LogP contribution is 2.30. The van der Waals surface area contributed by atoms with Crippen molar-refractivity contribution in [2.75, 3.05) is 0 Å². The van der Waals surface area contributed by atoms with Crippen LogP contribution < -0.4 is 28.5 Å². The molecule has 174 valence electrons. The average molecular weight is 600 g/mol. The highest BCUT2D eigenvalue weighted by atomic mass is 127. The normalized spacial score (nSPS) is 11.5. The molecule has 34 heavy (non-hydrogen) atoms. The average Bonchev–Trinajstić information content (AvgIpc) is 2.80. The Bertz CT molecular complexity index is 1300. The van der Waals surface area contributed by atoms with Crippen LogP contribution in [0.15, 0.2) is 85.1 Å². The van der Waals surface area contributed by atoms with E-state index in [1.54, 1.807) is 0 Å². The van der Waals surface area contributed by atoms with Gasteiger partial charge in [-0.1, -0.05) is 105 Å². The molecule has 1 nitrogen and oxygen atoms in total. The molecule has 0 aliphatic heterocycles. The molecule has 0 aliphatic rings. The second-order valence-electron chi connectivity index (χ2n) is 9.34. The fourth-order valence-electron chi connectivity index (χ4n) is 3.89. The maximum Gasteiger partial charge on any atom is 0.212 e. The van der Waals surface area contributed by atoms with E-state index < -0.39 is 0 Å². The predicted octanol–water partition coefficient (Wildman–Crippen LogP) is 5.62. The summed E-state index contributed by atoms with van der Waals surface area (Å²) < 4.78 is 2.20. The van der Waals surface area contributed by atoms with Crippen molar-refractivity contribution in [3.05, 3.63) is 112 Å². The van der Waals surface area contributed by atoms with Gasteiger partial charge in [0.25, 0.3) is 0 Å². The maximum atomic E-state index is 6.22. The van der Waals surface area contributed by atoms with Gasteiger partial charge in [-0.3, -0.25) is 0 Å². The Hall–Kier alpha value is -2.14. The summed E-state index contributed by atoms with van der Waals surface area (Å²) in [5.74, 6) is 0. The number of hydrogen-bond acceptors (Lipinski definition) is 0. The van der Waals surface area contributed by atoms with Crippen LogP contribution in [0.3, 0.4) is 0 Å². The molecule has 0 amide bonds. The molecule has 0 bridgehead atoms. The van der Waals surface area contributed by atoms with Crippen molar-refractivity contribution in [3.63, 3.8) is 0 Å². The molecular weight excluding hydrogens is 572 g/mol. The fourth-order valence-corrected chi connectivity index (χ4v) is 4.20. The number of halogens is 3. The van der Waals surface area contributed by atoms with Crippen LogP contribution in [-0.2, 0) is 12.5 Å². The lowest BCUT2D eigenvalue weighted by atomic mass is 9.86. The Morgan fingerprint density at radius 3 is 2.03 bits per heavy atom. The third kappa shape index (κ3) is 6.10. The number of nitrogens with zero attached hydrogens (tertiary/aromatic N) is 1. The van der Waals surface area contributed by atoms with E-state index in [9.17, 15) is 0 Å². The van der Waals surface area contributed by atoms with Gasteiger partial charge in [0.2, 0.25) is 5.69 Å². The van der Waals surface area contributed by atoms with Crippen LogP contribution in [0.1, 0.15) is 37.5 Å². The van der Waals surface area contributed by atoms with Crippen molar-refractivity contribution in [2.45, 2.75) is 26.2 Å². The van der Waals surface area contributed by atoms with E-state index in [0.29, 0.717) is 10.0 Å². The van der Waals surface area contributed by atoms with Gasteiger partial charge in [0.1, 0.15) is 7.05 Å². The molecule has 0 unspecified atom stereocenters. The zero-order chi connectivity index (χ0) is 23.6. The summed E-state index contributed by atoms with van der Waals surface area (Å²) in [4.78, 5) is 0. The van der Waals surface area contributed by atoms with Crippen molar-refractivity contribution in [3.8, 4) is 22.4 Å². The highest BCUT2D eigenvalue weighted by molar-refractivity contribution is 6.42. The lowest BCUT2D eigenvalue weighted by Crippen LogP contribution is -3.00. The molecule has 4 aromatic rings. The van der Waals surface area contributed by atoms with E-state index >= 15 is 0 Å². The van der Waals surface area contributed by atoms with Gasteiger partial charge in [0.05, 0.1) is 15.6 Å². The number of hydrogen-bond donors (Lipinski definition) is 0. The number of aryl methyl sites for hydroxylation is 1. The molecule has 0 saturated carbocycles. The van der Waals surface area contributed by atoms with Gasteiger partial charge in [-0.15, -0.1) is 0 Å². The molecule has 0 spiro atoms. The zero-order valence-corrected chi connectivity index (χ0v) is 23.5. The van der Waals surface area contributed by atoms with E-state index in [1.165, 1.54) is 22.3 Å². The highest BCUT2D eigenvalue weighted by Gasteiger charge is 2.18. The van der Waals surface area contributed by atoms with Crippen LogP contribution in [0.4, 0.5) is 0 Å². The third-order valence-corrected chi connectivity index (χ3v) is 6.58. The molecule has 0 atom stereocenters. The lowest BCUT2D eigenvalue weighted by molar-refractivity contribution is -0.659. The number of pyridine rings is 1. The quantitative estimate of drug-likeness (QED) is 0.212. The van der Waals surface area contributed by atoms with E-state index in [-0.39, 0.29) is 29.4 Å². The molecule has 0 aliphatic carbocycles. The van der Waals surface area contributed by atoms with Gasteiger partial charge >= 0.3 is 0 Å². The van der Waals surface area contributed by atoms with Crippen molar-refractivity contribution in [1.29, 1.82) is 0 Å². The van der Waals surface area contributed by atoms with Crippen LogP contribution >= 0.6 is 23.2 Å². The molecule has 4 rings (SSSR count). The van der Waals surface area contributed by atoms with Crippen LogP contribution in [0.2, 0.25) is 10.0 Å². The van der Waals surface area contributed by atoms with Gasteiger partial charge in [0.15, 0.2) is 6.20 Å². The topological polar surface area (TPSA) is 3.88 Å². The minimum Gasteiger partial charge on any atom is -1.00 e. The molecule has 0 saturated heterocycles. The SMILES string of the molecule is C[n+]1cc(-c2ccccc2)c(/C=C/c2ccc(Cl)c(Cl)c2)cc1-c1ccc(C(C)(C)C)cc1.[I-]. The van der Waals surface area contributed by atoms with Crippen molar-refractivity contribution < 1.29 is 28.5 Å². The first kappa shape index (κ1) is 26.5. The summed E-state index contributed by atoms with van der Waals surface area (Å²) in [5, 5.41) is 1.12. The summed E-state index contributed by atoms with van der Waals surface area (Å²) in [6.07, 6.45) is 6.43. The lowest BCUT2D eigenvalue weighted by Gasteiger charge is -2.19. The Morgan fingerprint density at radius 1 is 0.735 bits per heavy atom. The molecule has 4 heteroatoms. The van der Waals surface area contributed by atoms with E-state index in [2.05, 4.69) is 105 Å². The maximum absolute atomic E-state index is 6.22. The molecule has 0 N–H and O–H groups in total. The van der Waals surface area contributed by atoms with E-state index in [4.69, 9.17) is 23.2 Å². The van der Waals surface area contributed by atoms with Crippen LogP contribution in [0, 0.1) is 0 Å². The van der Waals surface area contributed by atoms with Crippen LogP contribution in [-0.4, -0.2) is 0 Å². The molecule has 3 aromatic carbocycles. The second-order valence-corrected chi connectivity index (χ2v) is 10.2. The third-order valence-electron chi connectivity index (χ3n) is 5.84. The van der Waals surface area contributed by atoms with Gasteiger partial charge < -0.3 is 24.0 Å². The van der Waals surface area contributed by atoms with Crippen molar-refractivity contribution in [1.82, 2.24) is 0 Å². The van der Waals surface area contributed by atoms with Crippen LogP contribution in [0.5, 0.6) is 0 Å². The zero-order valence-electron chi connectivity index (χ0n) is 19.8. The summed E-state index contributed by atoms with van der Waals surface area (Å²) in [5.41, 5.74) is 8.30. The minimum absolute atomic E-state index is 0. The standard InChI is InChI=1S/C30H28Cl2N.HI/c1-30(2,3)25-15-13-23(14-16-25)29-19-24(12-10-21-11-17-27(31)28(32)18-21)26(20-33(29)4)22-8-6-5-7-9-22;/h5-20H,1-4H3;1H/q+1;/p-1/b12-10+;. The van der Waals surface area contributed by atoms with Gasteiger partial charge in [-0.25, -0.2) is 4.57 Å². The summed E-state index contributed by atoms with van der Waals surface area (Å²) in [6, 6.07) is 27.3. The Morgan fingerprint density at radius 2 is 1.41 bits per heavy atom. The molecule has 0 radical (unpaired) electrons. The number of benzene rings is 3. The molecule has 0 fully saturated rings. The van der Waals surface area contributed by atoms with Gasteiger partial charge in [-0.2, -0.15) is 0 Å². The number of rotatable bonds is 4. The first-order chi connectivity index (χ1) is 15.7. The summed E-state index contributed by atoms with van der Waals surface area (Å²) in [7, 11) is 2.10. The molecule has 1 heterocycles. The molecule has 1 aromatic heterocycles. The first-order valence-corrected chi connectivity index (χ1v) is 11.8. The monoisotopic (exact) mass is 599 g/mol. The summed E-state index contributed by atoms with van der Waals surface area (Å²) >= 11 is 12.3. The largest absolute Gasteiger partial charge is 1.00 e. The van der Waals surface area contributed by atoms with Gasteiger partial charge in [0, 0.05) is 11.6 Å². The first-order valence-electron chi connectivity index (χ1n) is 11.1. The van der Waals surface area contributed by atoms with E-state index in [1.807, 2.05) is 24.3 Å². The Labute approximate surface area is 230 Å².